The van der Waals surface area contributed by atoms with Gasteiger partial charge in [-0.15, -0.1) is 0 Å². The van der Waals surface area contributed by atoms with Crippen LogP contribution >= 0.6 is 0 Å². The molecule has 1 aliphatic carbocycles. The Morgan fingerprint density at radius 3 is 2.64 bits per heavy atom. The topological polar surface area (TPSA) is 71.2 Å². The number of nitrogens with zero attached hydrogens (tertiary/aromatic N) is 2. The molecule has 3 atom stereocenters. The molecule has 1 aromatic heterocycles. The minimum atomic E-state index is -0.421. The second kappa shape index (κ2) is 11.1. The summed E-state index contributed by atoms with van der Waals surface area (Å²) in [5, 5.41) is 3.76. The van der Waals surface area contributed by atoms with Crippen molar-refractivity contribution in [3.8, 4) is 11.1 Å². The van der Waals surface area contributed by atoms with Gasteiger partial charge in [0, 0.05) is 36.6 Å². The zero-order valence-corrected chi connectivity index (χ0v) is 20.7. The summed E-state index contributed by atoms with van der Waals surface area (Å²) in [5.41, 5.74) is 9.08. The van der Waals surface area contributed by atoms with Crippen LogP contribution in [-0.4, -0.2) is 30.0 Å². The van der Waals surface area contributed by atoms with Crippen molar-refractivity contribution >= 4 is 17.4 Å². The van der Waals surface area contributed by atoms with Gasteiger partial charge in [-0.2, -0.15) is 0 Å². The molecule has 2 fully saturated rings. The Bertz CT molecular complexity index is 1180. The zero-order valence-electron chi connectivity index (χ0n) is 20.7. The van der Waals surface area contributed by atoms with E-state index in [4.69, 9.17) is 5.73 Å². The second-order valence-corrected chi connectivity index (χ2v) is 10.3. The maximum Gasteiger partial charge on any atom is 0.248 e. The van der Waals surface area contributed by atoms with Gasteiger partial charge in [-0.3, -0.25) is 4.79 Å². The number of carbonyl (C=O) groups is 1. The number of pyridine rings is 1. The smallest absolute Gasteiger partial charge is 0.248 e. The molecule has 1 saturated carbocycles. The Labute approximate surface area is 212 Å². The Kier molecular flexibility index (Phi) is 7.49. The van der Waals surface area contributed by atoms with Gasteiger partial charge in [-0.05, 0) is 104 Å². The highest BCUT2D eigenvalue weighted by Gasteiger charge is 2.30. The molecule has 188 valence electrons. The minimum Gasteiger partial charge on any atom is -0.371 e. The van der Waals surface area contributed by atoms with Crippen LogP contribution in [0.25, 0.3) is 11.1 Å². The van der Waals surface area contributed by atoms with Gasteiger partial charge in [-0.1, -0.05) is 25.0 Å². The van der Waals surface area contributed by atoms with E-state index in [9.17, 15) is 9.18 Å². The Morgan fingerprint density at radius 1 is 1.00 bits per heavy atom. The van der Waals surface area contributed by atoms with Gasteiger partial charge in [0.15, 0.2) is 0 Å². The van der Waals surface area contributed by atoms with E-state index in [-0.39, 0.29) is 5.82 Å². The number of nitrogens with one attached hydrogen (secondary N) is 1. The molecule has 2 heterocycles. The van der Waals surface area contributed by atoms with E-state index in [1.165, 1.54) is 38.5 Å². The first kappa shape index (κ1) is 24.3. The summed E-state index contributed by atoms with van der Waals surface area (Å²) >= 11 is 0. The van der Waals surface area contributed by atoms with E-state index in [1.54, 1.807) is 18.2 Å². The molecule has 1 amide bonds. The van der Waals surface area contributed by atoms with E-state index in [0.29, 0.717) is 23.4 Å². The summed E-state index contributed by atoms with van der Waals surface area (Å²) in [7, 11) is 0. The van der Waals surface area contributed by atoms with Gasteiger partial charge in [0.25, 0.3) is 0 Å². The number of nitrogens with two attached hydrogens (primary N) is 1. The van der Waals surface area contributed by atoms with Gasteiger partial charge in [-0.25, -0.2) is 9.37 Å². The molecule has 0 bridgehead atoms. The number of carbonyl (C=O) groups excluding carboxylic acids is 1. The van der Waals surface area contributed by atoms with Crippen molar-refractivity contribution in [3.05, 3.63) is 78.2 Å². The van der Waals surface area contributed by atoms with Crippen LogP contribution in [0.3, 0.4) is 0 Å². The van der Waals surface area contributed by atoms with Crippen LogP contribution in [0.15, 0.2) is 66.9 Å². The fourth-order valence-corrected chi connectivity index (χ4v) is 5.98. The largest absolute Gasteiger partial charge is 0.371 e. The van der Waals surface area contributed by atoms with Gasteiger partial charge >= 0.3 is 0 Å². The van der Waals surface area contributed by atoms with E-state index in [0.717, 1.165) is 42.1 Å². The van der Waals surface area contributed by atoms with E-state index < -0.39 is 5.91 Å². The Hall–Kier alpha value is -3.41. The molecule has 3 aromatic rings. The highest BCUT2D eigenvalue weighted by Crippen LogP contribution is 2.35. The van der Waals surface area contributed by atoms with Gasteiger partial charge in [0.2, 0.25) is 5.91 Å². The van der Waals surface area contributed by atoms with Crippen LogP contribution in [0, 0.1) is 17.7 Å². The molecule has 1 aliphatic heterocycles. The van der Waals surface area contributed by atoms with Crippen molar-refractivity contribution < 1.29 is 9.18 Å². The van der Waals surface area contributed by atoms with Gasteiger partial charge in [0.1, 0.15) is 11.6 Å². The fraction of sp³-hybridized carbons (Fsp3) is 0.400. The Balaban J connectivity index is 1.26. The molecule has 0 spiro atoms. The Morgan fingerprint density at radius 2 is 1.81 bits per heavy atom. The SMILES string of the molecule is NC(=O)c1cccc(-c2ccnc(N[C@@H]3CCCC[C@H]3C[C@H]3CCCN(c4ccc(F)cc4)C3)c2)c1. The summed E-state index contributed by atoms with van der Waals surface area (Å²) in [6.07, 6.45) is 10.4. The number of aromatic nitrogens is 1. The molecule has 5 nitrogen and oxygen atoms in total. The third-order valence-corrected chi connectivity index (χ3v) is 7.83. The molecule has 0 unspecified atom stereocenters. The number of piperidine rings is 1. The first-order chi connectivity index (χ1) is 17.5. The monoisotopic (exact) mass is 486 g/mol. The molecule has 1 saturated heterocycles. The molecule has 2 aromatic carbocycles. The molecule has 6 heteroatoms. The van der Waals surface area contributed by atoms with Crippen LogP contribution in [0.1, 0.15) is 55.3 Å². The van der Waals surface area contributed by atoms with Crippen LogP contribution in [0.5, 0.6) is 0 Å². The fourth-order valence-electron chi connectivity index (χ4n) is 5.98. The normalized spacial score (nSPS) is 22.2. The van der Waals surface area contributed by atoms with Crippen LogP contribution < -0.4 is 16.0 Å². The standard InChI is InChI=1S/C30H35FN4O/c31-26-10-12-27(13-11-26)35-16-4-5-21(20-35)17-24-6-1-2-9-28(24)34-29-19-23(14-15-33-29)22-7-3-8-25(18-22)30(32)36/h3,7-8,10-15,18-19,21,24,28H,1-2,4-6,9,16-17,20H2,(H2,32,36)(H,33,34)/t21-,24+,28-/m1/s1. The molecular weight excluding hydrogens is 451 g/mol. The summed E-state index contributed by atoms with van der Waals surface area (Å²) in [6.45, 7) is 2.08. The number of primary amides is 1. The van der Waals surface area contributed by atoms with Gasteiger partial charge in [0.05, 0.1) is 0 Å². The highest BCUT2D eigenvalue weighted by molar-refractivity contribution is 5.94. The predicted molar refractivity (Wildman–Crippen MR) is 144 cm³/mol. The number of halogens is 1. The summed E-state index contributed by atoms with van der Waals surface area (Å²) in [4.78, 5) is 18.6. The molecular formula is C30H35FN4O. The lowest BCUT2D eigenvalue weighted by Gasteiger charge is -2.39. The number of anilines is 2. The minimum absolute atomic E-state index is 0.179. The number of rotatable bonds is 7. The number of benzene rings is 2. The lowest BCUT2D eigenvalue weighted by molar-refractivity contribution is 0.100. The number of amides is 1. The highest BCUT2D eigenvalue weighted by atomic mass is 19.1. The van der Waals surface area contributed by atoms with E-state index in [2.05, 4.69) is 21.3 Å². The first-order valence-electron chi connectivity index (χ1n) is 13.2. The van der Waals surface area contributed by atoms with Gasteiger partial charge < -0.3 is 16.0 Å². The number of hydrogen-bond acceptors (Lipinski definition) is 4. The van der Waals surface area contributed by atoms with E-state index in [1.807, 2.05) is 42.6 Å². The average Bonchev–Trinajstić information content (AvgIpc) is 2.91. The van der Waals surface area contributed by atoms with Crippen molar-refractivity contribution in [1.82, 2.24) is 4.98 Å². The van der Waals surface area contributed by atoms with Crippen LogP contribution in [-0.2, 0) is 0 Å². The molecule has 36 heavy (non-hydrogen) atoms. The zero-order chi connectivity index (χ0) is 24.9. The lowest BCUT2D eigenvalue weighted by Crippen LogP contribution is -2.39. The molecule has 5 rings (SSSR count). The van der Waals surface area contributed by atoms with Crippen molar-refractivity contribution in [2.75, 3.05) is 23.3 Å². The summed E-state index contributed by atoms with van der Waals surface area (Å²) in [6, 6.07) is 18.8. The van der Waals surface area contributed by atoms with Crippen LogP contribution in [0.2, 0.25) is 0 Å². The second-order valence-electron chi connectivity index (χ2n) is 10.3. The number of hydrogen-bond donors (Lipinski definition) is 2. The first-order valence-corrected chi connectivity index (χ1v) is 13.2. The lowest BCUT2D eigenvalue weighted by atomic mass is 9.77. The average molecular weight is 487 g/mol. The van der Waals surface area contributed by atoms with E-state index >= 15 is 0 Å². The van der Waals surface area contributed by atoms with Crippen molar-refractivity contribution in [1.29, 1.82) is 0 Å². The third kappa shape index (κ3) is 5.86. The molecule has 0 radical (unpaired) electrons. The maximum absolute atomic E-state index is 13.4. The van der Waals surface area contributed by atoms with Crippen molar-refractivity contribution in [2.45, 2.75) is 51.0 Å². The molecule has 2 aliphatic rings. The maximum atomic E-state index is 13.4. The predicted octanol–water partition coefficient (Wildman–Crippen LogP) is 6.26. The quantitative estimate of drug-likeness (QED) is 0.413. The summed E-state index contributed by atoms with van der Waals surface area (Å²) < 4.78 is 13.4. The summed E-state index contributed by atoms with van der Waals surface area (Å²) in [5.74, 6) is 1.54. The van der Waals surface area contributed by atoms with Crippen molar-refractivity contribution in [2.24, 2.45) is 17.6 Å². The van der Waals surface area contributed by atoms with Crippen molar-refractivity contribution in [3.63, 3.8) is 0 Å². The van der Waals surface area contributed by atoms with Crippen LogP contribution in [0.4, 0.5) is 15.9 Å². The molecule has 3 N–H and O–H groups in total. The third-order valence-electron chi connectivity index (χ3n) is 7.83.